The molecule has 1 aromatic heterocycles. The molecule has 0 radical (unpaired) electrons. The number of carbonyl (C=O) groups is 3. The average Bonchev–Trinajstić information content (AvgIpc) is 2.73. The largest absolute Gasteiger partial charge is 0.476 e. The molecule has 8 heteroatoms. The lowest BCUT2D eigenvalue weighted by Crippen LogP contribution is -2.27. The van der Waals surface area contributed by atoms with Gasteiger partial charge in [-0.2, -0.15) is 0 Å². The topological polar surface area (TPSA) is 130 Å². The fourth-order valence-electron chi connectivity index (χ4n) is 1.44. The van der Waals surface area contributed by atoms with Gasteiger partial charge in [0.1, 0.15) is 0 Å². The van der Waals surface area contributed by atoms with Gasteiger partial charge in [-0.25, -0.2) is 9.59 Å². The summed E-state index contributed by atoms with van der Waals surface area (Å²) in [6.07, 6.45) is 1.29. The van der Waals surface area contributed by atoms with Gasteiger partial charge in [-0.15, -0.1) is 0 Å². The summed E-state index contributed by atoms with van der Waals surface area (Å²) in [5, 5.41) is 23.4. The molecule has 0 unspecified atom stereocenters. The molecule has 8 nitrogen and oxygen atoms in total. The summed E-state index contributed by atoms with van der Waals surface area (Å²) < 4.78 is 4.43. The first-order chi connectivity index (χ1) is 8.97. The number of amides is 1. The molecule has 3 N–H and O–H groups in total. The molecule has 0 aromatic carbocycles. The molecular weight excluding hydrogens is 256 g/mol. The quantitative estimate of drug-likeness (QED) is 0.616. The lowest BCUT2D eigenvalue weighted by atomic mass is 10.1. The Labute approximate surface area is 108 Å². The highest BCUT2D eigenvalue weighted by Gasteiger charge is 2.27. The van der Waals surface area contributed by atoms with Crippen LogP contribution in [0.1, 0.15) is 46.4 Å². The van der Waals surface area contributed by atoms with E-state index >= 15 is 0 Å². The molecule has 104 valence electrons. The molecule has 1 heterocycles. The average molecular weight is 270 g/mol. The number of aromatic nitrogens is 1. The molecular formula is C11H14N2O6. The van der Waals surface area contributed by atoms with Gasteiger partial charge < -0.3 is 20.1 Å². The number of nitrogens with one attached hydrogen (secondary N) is 1. The standard InChI is InChI=1S/C11H14N2O6/c1-2-3-4-12-7(14)5-6-8(10(15)16)13-19-9(6)11(17)18/h2-5H2,1H3,(H,12,14)(H,15,16)(H,17,18). The van der Waals surface area contributed by atoms with Crippen LogP contribution in [0.3, 0.4) is 0 Å². The smallest absolute Gasteiger partial charge is 0.375 e. The van der Waals surface area contributed by atoms with Crippen molar-refractivity contribution in [1.29, 1.82) is 0 Å². The van der Waals surface area contributed by atoms with Crippen LogP contribution in [-0.2, 0) is 11.2 Å². The highest BCUT2D eigenvalue weighted by Crippen LogP contribution is 2.15. The third-order valence-corrected chi connectivity index (χ3v) is 2.37. The molecule has 0 bridgehead atoms. The Balaban J connectivity index is 2.85. The fraction of sp³-hybridized carbons (Fsp3) is 0.455. The lowest BCUT2D eigenvalue weighted by Gasteiger charge is -2.03. The predicted molar refractivity (Wildman–Crippen MR) is 62.0 cm³/mol. The summed E-state index contributed by atoms with van der Waals surface area (Å²) in [4.78, 5) is 33.3. The zero-order valence-electron chi connectivity index (χ0n) is 10.3. The monoisotopic (exact) mass is 270 g/mol. The van der Waals surface area contributed by atoms with Crippen LogP contribution in [0.4, 0.5) is 0 Å². The number of carboxylic acids is 2. The van der Waals surface area contributed by atoms with Crippen molar-refractivity contribution < 1.29 is 29.1 Å². The van der Waals surface area contributed by atoms with Gasteiger partial charge in [-0.3, -0.25) is 4.79 Å². The van der Waals surface area contributed by atoms with Gasteiger partial charge in [0.25, 0.3) is 0 Å². The predicted octanol–water partition coefficient (Wildman–Crippen LogP) is 0.530. The number of carbonyl (C=O) groups excluding carboxylic acids is 1. The van der Waals surface area contributed by atoms with Crippen LogP contribution in [0.25, 0.3) is 0 Å². The van der Waals surface area contributed by atoms with Gasteiger partial charge in [0.05, 0.1) is 12.0 Å². The number of unbranched alkanes of at least 4 members (excludes halogenated alkanes) is 1. The summed E-state index contributed by atoms with van der Waals surface area (Å²) in [5.41, 5.74) is -0.781. The van der Waals surface area contributed by atoms with E-state index in [1.54, 1.807) is 0 Å². The molecule has 0 saturated heterocycles. The third kappa shape index (κ3) is 3.80. The van der Waals surface area contributed by atoms with Crippen molar-refractivity contribution in [3.8, 4) is 0 Å². The maximum absolute atomic E-state index is 11.6. The zero-order valence-corrected chi connectivity index (χ0v) is 10.3. The molecule has 19 heavy (non-hydrogen) atoms. The van der Waals surface area contributed by atoms with E-state index in [9.17, 15) is 14.4 Å². The first-order valence-corrected chi connectivity index (χ1v) is 5.69. The number of hydrogen-bond donors (Lipinski definition) is 3. The summed E-state index contributed by atoms with van der Waals surface area (Å²) in [6, 6.07) is 0. The molecule has 0 aliphatic rings. The van der Waals surface area contributed by atoms with Gasteiger partial charge in [0.15, 0.2) is 5.69 Å². The molecule has 1 rings (SSSR count). The maximum Gasteiger partial charge on any atom is 0.375 e. The van der Waals surface area contributed by atoms with Crippen molar-refractivity contribution in [2.24, 2.45) is 0 Å². The first-order valence-electron chi connectivity index (χ1n) is 5.69. The highest BCUT2D eigenvalue weighted by molar-refractivity contribution is 5.95. The van der Waals surface area contributed by atoms with Gasteiger partial charge >= 0.3 is 11.9 Å². The van der Waals surface area contributed by atoms with Crippen molar-refractivity contribution in [1.82, 2.24) is 10.5 Å². The van der Waals surface area contributed by atoms with E-state index in [2.05, 4.69) is 15.0 Å². The van der Waals surface area contributed by atoms with Gasteiger partial charge in [-0.05, 0) is 6.42 Å². The van der Waals surface area contributed by atoms with E-state index in [0.717, 1.165) is 12.8 Å². The van der Waals surface area contributed by atoms with Crippen LogP contribution in [0.5, 0.6) is 0 Å². The molecule has 1 amide bonds. The van der Waals surface area contributed by atoms with Crippen molar-refractivity contribution in [2.45, 2.75) is 26.2 Å². The minimum absolute atomic E-state index is 0.228. The number of rotatable bonds is 7. The molecule has 0 aliphatic carbocycles. The highest BCUT2D eigenvalue weighted by atomic mass is 16.5. The Morgan fingerprint density at radius 3 is 2.47 bits per heavy atom. The second kappa shape index (κ2) is 6.53. The van der Waals surface area contributed by atoms with Crippen LogP contribution in [0.15, 0.2) is 4.52 Å². The molecule has 0 saturated carbocycles. The molecule has 0 fully saturated rings. The zero-order chi connectivity index (χ0) is 14.4. The van der Waals surface area contributed by atoms with Crippen molar-refractivity contribution in [3.05, 3.63) is 17.0 Å². The van der Waals surface area contributed by atoms with Crippen molar-refractivity contribution >= 4 is 17.8 Å². The normalized spacial score (nSPS) is 10.2. The minimum Gasteiger partial charge on any atom is -0.476 e. The summed E-state index contributed by atoms with van der Waals surface area (Å²) in [6.45, 7) is 2.41. The fourth-order valence-corrected chi connectivity index (χ4v) is 1.44. The summed E-state index contributed by atoms with van der Waals surface area (Å²) >= 11 is 0. The molecule has 0 aliphatic heterocycles. The van der Waals surface area contributed by atoms with E-state index in [1.165, 1.54) is 0 Å². The van der Waals surface area contributed by atoms with E-state index in [-0.39, 0.29) is 5.56 Å². The molecule has 1 aromatic rings. The van der Waals surface area contributed by atoms with E-state index < -0.39 is 35.7 Å². The number of carboxylic acid groups (broad SMARTS) is 2. The maximum atomic E-state index is 11.6. The second-order valence-electron chi connectivity index (χ2n) is 3.83. The van der Waals surface area contributed by atoms with Crippen LogP contribution in [-0.4, -0.2) is 39.8 Å². The third-order valence-electron chi connectivity index (χ3n) is 2.37. The first kappa shape index (κ1) is 14.7. The molecule has 0 atom stereocenters. The SMILES string of the molecule is CCCCNC(=O)Cc1c(C(=O)O)noc1C(=O)O. The summed E-state index contributed by atoms with van der Waals surface area (Å²) in [5.74, 6) is -3.99. The Morgan fingerprint density at radius 1 is 1.26 bits per heavy atom. The number of hydrogen-bond acceptors (Lipinski definition) is 5. The Kier molecular flexibility index (Phi) is 5.04. The van der Waals surface area contributed by atoms with E-state index in [4.69, 9.17) is 10.2 Å². The Hall–Kier alpha value is -2.38. The summed E-state index contributed by atoms with van der Waals surface area (Å²) in [7, 11) is 0. The van der Waals surface area contributed by atoms with E-state index in [0.29, 0.717) is 6.54 Å². The number of aromatic carboxylic acids is 2. The Bertz CT molecular complexity index is 462. The van der Waals surface area contributed by atoms with Crippen molar-refractivity contribution in [3.63, 3.8) is 0 Å². The van der Waals surface area contributed by atoms with Crippen LogP contribution in [0.2, 0.25) is 0 Å². The van der Waals surface area contributed by atoms with Crippen LogP contribution < -0.4 is 5.32 Å². The molecule has 0 spiro atoms. The van der Waals surface area contributed by atoms with Gasteiger partial charge in [-0.1, -0.05) is 18.5 Å². The van der Waals surface area contributed by atoms with Crippen LogP contribution >= 0.6 is 0 Å². The van der Waals surface area contributed by atoms with Crippen LogP contribution in [0, 0.1) is 0 Å². The lowest BCUT2D eigenvalue weighted by molar-refractivity contribution is -0.120. The number of nitrogens with zero attached hydrogens (tertiary/aromatic N) is 1. The second-order valence-corrected chi connectivity index (χ2v) is 3.83. The van der Waals surface area contributed by atoms with Gasteiger partial charge in [0, 0.05) is 6.54 Å². The van der Waals surface area contributed by atoms with Crippen molar-refractivity contribution in [2.75, 3.05) is 6.54 Å². The Morgan fingerprint density at radius 2 is 1.95 bits per heavy atom. The minimum atomic E-state index is -1.46. The van der Waals surface area contributed by atoms with Gasteiger partial charge in [0.2, 0.25) is 11.7 Å². The van der Waals surface area contributed by atoms with E-state index in [1.807, 2.05) is 6.92 Å².